The third kappa shape index (κ3) is 3.63. The molecule has 0 saturated carbocycles. The molecule has 1 fully saturated rings. The van der Waals surface area contributed by atoms with Gasteiger partial charge >= 0.3 is 0 Å². The van der Waals surface area contributed by atoms with Crippen LogP contribution in [-0.2, 0) is 0 Å². The van der Waals surface area contributed by atoms with E-state index in [1.807, 2.05) is 0 Å². The Bertz CT molecular complexity index is 468. The summed E-state index contributed by atoms with van der Waals surface area (Å²) in [7, 11) is 1.48. The van der Waals surface area contributed by atoms with E-state index in [-0.39, 0.29) is 11.7 Å². The van der Waals surface area contributed by atoms with E-state index < -0.39 is 0 Å². The van der Waals surface area contributed by atoms with Crippen LogP contribution in [0.25, 0.3) is 0 Å². The molecule has 2 rings (SSSR count). The summed E-state index contributed by atoms with van der Waals surface area (Å²) >= 11 is 0. The number of aromatic hydroxyl groups is 1. The van der Waals surface area contributed by atoms with E-state index in [2.05, 4.69) is 17.6 Å². The lowest BCUT2D eigenvalue weighted by molar-refractivity contribution is 0.0943. The molecule has 2 unspecified atom stereocenters. The molecular formula is C15H22N2O3. The van der Waals surface area contributed by atoms with Crippen molar-refractivity contribution in [3.8, 4) is 11.5 Å². The molecule has 1 aromatic carbocycles. The number of phenols is 1. The maximum absolute atomic E-state index is 12.0. The van der Waals surface area contributed by atoms with Gasteiger partial charge in [-0.15, -0.1) is 0 Å². The third-order valence-electron chi connectivity index (χ3n) is 3.76. The van der Waals surface area contributed by atoms with Crippen LogP contribution in [0.15, 0.2) is 18.2 Å². The molecule has 110 valence electrons. The standard InChI is InChI=1S/C15H22N2O3/c1-10-3-4-11(8-16-10)9-17-15(19)12-5-6-14(20-2)13(18)7-12/h5-7,10-11,16,18H,3-4,8-9H2,1-2H3,(H,17,19). The van der Waals surface area contributed by atoms with Gasteiger partial charge in [0, 0.05) is 18.2 Å². The highest BCUT2D eigenvalue weighted by atomic mass is 16.5. The fourth-order valence-electron chi connectivity index (χ4n) is 2.40. The second-order valence-corrected chi connectivity index (χ2v) is 5.35. The second-order valence-electron chi connectivity index (χ2n) is 5.35. The largest absolute Gasteiger partial charge is 0.504 e. The van der Waals surface area contributed by atoms with Gasteiger partial charge in [0.25, 0.3) is 5.91 Å². The van der Waals surface area contributed by atoms with Gasteiger partial charge in [-0.05, 0) is 50.4 Å². The lowest BCUT2D eigenvalue weighted by Crippen LogP contribution is -2.41. The highest BCUT2D eigenvalue weighted by molar-refractivity contribution is 5.94. The lowest BCUT2D eigenvalue weighted by Gasteiger charge is -2.27. The quantitative estimate of drug-likeness (QED) is 0.781. The molecule has 2 atom stereocenters. The number of carbonyl (C=O) groups excluding carboxylic acids is 1. The zero-order valence-corrected chi connectivity index (χ0v) is 12.0. The summed E-state index contributed by atoms with van der Waals surface area (Å²) in [5.41, 5.74) is 0.445. The van der Waals surface area contributed by atoms with Crippen LogP contribution in [0.1, 0.15) is 30.1 Å². The minimum absolute atomic E-state index is 0.0201. The number of carbonyl (C=O) groups is 1. The van der Waals surface area contributed by atoms with Gasteiger partial charge in [0.05, 0.1) is 7.11 Å². The molecule has 0 spiro atoms. The van der Waals surface area contributed by atoms with Gasteiger partial charge < -0.3 is 20.5 Å². The molecule has 0 radical (unpaired) electrons. The fraction of sp³-hybridized carbons (Fsp3) is 0.533. The number of hydrogen-bond acceptors (Lipinski definition) is 4. The van der Waals surface area contributed by atoms with Crippen molar-refractivity contribution in [1.29, 1.82) is 0 Å². The van der Waals surface area contributed by atoms with E-state index in [1.54, 1.807) is 12.1 Å². The Hall–Kier alpha value is -1.75. The van der Waals surface area contributed by atoms with Crippen LogP contribution in [0.5, 0.6) is 11.5 Å². The minimum atomic E-state index is -0.165. The van der Waals surface area contributed by atoms with E-state index in [4.69, 9.17) is 4.74 Å². The van der Waals surface area contributed by atoms with Crippen LogP contribution in [0.4, 0.5) is 0 Å². The highest BCUT2D eigenvalue weighted by Gasteiger charge is 2.18. The maximum atomic E-state index is 12.0. The Morgan fingerprint density at radius 2 is 2.30 bits per heavy atom. The third-order valence-corrected chi connectivity index (χ3v) is 3.76. The molecule has 20 heavy (non-hydrogen) atoms. The molecule has 0 aliphatic carbocycles. The SMILES string of the molecule is COc1ccc(C(=O)NCC2CCC(C)NC2)cc1O. The van der Waals surface area contributed by atoms with Crippen molar-refractivity contribution in [2.45, 2.75) is 25.8 Å². The summed E-state index contributed by atoms with van der Waals surface area (Å²) in [5.74, 6) is 0.656. The van der Waals surface area contributed by atoms with Crippen molar-refractivity contribution < 1.29 is 14.6 Å². The van der Waals surface area contributed by atoms with Crippen LogP contribution in [0, 0.1) is 5.92 Å². The number of benzene rings is 1. The van der Waals surface area contributed by atoms with Gasteiger partial charge in [-0.25, -0.2) is 0 Å². The van der Waals surface area contributed by atoms with Gasteiger partial charge in [-0.1, -0.05) is 0 Å². The van der Waals surface area contributed by atoms with E-state index in [9.17, 15) is 9.90 Å². The predicted molar refractivity (Wildman–Crippen MR) is 77.2 cm³/mol. The van der Waals surface area contributed by atoms with E-state index in [1.165, 1.54) is 13.2 Å². The van der Waals surface area contributed by atoms with Gasteiger partial charge in [0.2, 0.25) is 0 Å². The van der Waals surface area contributed by atoms with E-state index in [0.717, 1.165) is 19.4 Å². The first kappa shape index (κ1) is 14.7. The molecule has 5 heteroatoms. The van der Waals surface area contributed by atoms with Crippen LogP contribution in [-0.4, -0.2) is 37.3 Å². The minimum Gasteiger partial charge on any atom is -0.504 e. The van der Waals surface area contributed by atoms with Crippen molar-refractivity contribution in [3.05, 3.63) is 23.8 Å². The number of piperidine rings is 1. The average molecular weight is 278 g/mol. The highest BCUT2D eigenvalue weighted by Crippen LogP contribution is 2.26. The molecule has 1 heterocycles. The first-order valence-electron chi connectivity index (χ1n) is 6.98. The van der Waals surface area contributed by atoms with Crippen molar-refractivity contribution in [2.24, 2.45) is 5.92 Å². The molecule has 0 bridgehead atoms. The normalized spacial score (nSPS) is 22.3. The molecule has 1 aliphatic heterocycles. The topological polar surface area (TPSA) is 70.6 Å². The Morgan fingerprint density at radius 3 is 2.90 bits per heavy atom. The summed E-state index contributed by atoms with van der Waals surface area (Å²) in [6, 6.07) is 5.24. The number of rotatable bonds is 4. The first-order valence-corrected chi connectivity index (χ1v) is 6.98. The molecule has 1 amide bonds. The smallest absolute Gasteiger partial charge is 0.251 e. The van der Waals surface area contributed by atoms with Crippen molar-refractivity contribution in [3.63, 3.8) is 0 Å². The molecular weight excluding hydrogens is 256 g/mol. The molecule has 1 aromatic rings. The van der Waals surface area contributed by atoms with Gasteiger partial charge in [0.15, 0.2) is 11.5 Å². The Balaban J connectivity index is 1.87. The molecule has 0 aromatic heterocycles. The number of hydrogen-bond donors (Lipinski definition) is 3. The van der Waals surface area contributed by atoms with Crippen molar-refractivity contribution in [1.82, 2.24) is 10.6 Å². The van der Waals surface area contributed by atoms with Crippen LogP contribution >= 0.6 is 0 Å². The summed E-state index contributed by atoms with van der Waals surface area (Å²) in [6.07, 6.45) is 2.27. The number of methoxy groups -OCH3 is 1. The molecule has 1 aliphatic rings. The average Bonchev–Trinajstić information content (AvgIpc) is 2.46. The summed E-state index contributed by atoms with van der Waals surface area (Å²) < 4.78 is 4.95. The van der Waals surface area contributed by atoms with Crippen LogP contribution in [0.3, 0.4) is 0 Å². The number of ether oxygens (including phenoxy) is 1. The van der Waals surface area contributed by atoms with Crippen LogP contribution in [0.2, 0.25) is 0 Å². The van der Waals surface area contributed by atoms with Gasteiger partial charge in [-0.2, -0.15) is 0 Å². The molecule has 5 nitrogen and oxygen atoms in total. The Morgan fingerprint density at radius 1 is 1.50 bits per heavy atom. The predicted octanol–water partition coefficient (Wildman–Crippen LogP) is 1.52. The number of nitrogens with one attached hydrogen (secondary N) is 2. The molecule has 1 saturated heterocycles. The maximum Gasteiger partial charge on any atom is 0.251 e. The zero-order valence-electron chi connectivity index (χ0n) is 12.0. The summed E-state index contributed by atoms with van der Waals surface area (Å²) in [6.45, 7) is 3.77. The summed E-state index contributed by atoms with van der Waals surface area (Å²) in [4.78, 5) is 12.0. The number of amides is 1. The van der Waals surface area contributed by atoms with Gasteiger partial charge in [-0.3, -0.25) is 4.79 Å². The lowest BCUT2D eigenvalue weighted by atomic mass is 9.95. The van der Waals surface area contributed by atoms with E-state index in [0.29, 0.717) is 29.8 Å². The number of phenolic OH excluding ortho intramolecular Hbond substituents is 1. The van der Waals surface area contributed by atoms with Gasteiger partial charge in [0.1, 0.15) is 0 Å². The van der Waals surface area contributed by atoms with Crippen LogP contribution < -0.4 is 15.4 Å². The van der Waals surface area contributed by atoms with Crippen molar-refractivity contribution in [2.75, 3.05) is 20.2 Å². The monoisotopic (exact) mass is 278 g/mol. The Kier molecular flexibility index (Phi) is 4.84. The second kappa shape index (κ2) is 6.61. The summed E-state index contributed by atoms with van der Waals surface area (Å²) in [5, 5.41) is 16.0. The van der Waals surface area contributed by atoms with E-state index >= 15 is 0 Å². The van der Waals surface area contributed by atoms with Crippen molar-refractivity contribution >= 4 is 5.91 Å². The Labute approximate surface area is 119 Å². The molecule has 3 N–H and O–H groups in total. The fourth-order valence-corrected chi connectivity index (χ4v) is 2.40. The first-order chi connectivity index (χ1) is 9.60. The zero-order chi connectivity index (χ0) is 14.5.